The minimum absolute atomic E-state index is 0.0161. The average Bonchev–Trinajstić information content (AvgIpc) is 2.75. The Morgan fingerprint density at radius 2 is 2.28 bits per heavy atom. The van der Waals surface area contributed by atoms with Crippen LogP contribution in [0.1, 0.15) is 12.0 Å². The SMILES string of the molecule is COc1ccccc1CC(=O)NC1CNC(=O)C1. The number of benzene rings is 1. The van der Waals surface area contributed by atoms with E-state index in [2.05, 4.69) is 10.6 Å². The molecule has 1 aromatic rings. The molecular formula is C13H16N2O3. The molecule has 2 amide bonds. The summed E-state index contributed by atoms with van der Waals surface area (Å²) in [5.74, 6) is 0.590. The van der Waals surface area contributed by atoms with Crippen molar-refractivity contribution in [3.63, 3.8) is 0 Å². The Bertz CT molecular complexity index is 459. The van der Waals surface area contributed by atoms with Crippen molar-refractivity contribution in [3.05, 3.63) is 29.8 Å². The number of nitrogens with one attached hydrogen (secondary N) is 2. The molecule has 18 heavy (non-hydrogen) atoms. The Balaban J connectivity index is 1.92. The lowest BCUT2D eigenvalue weighted by atomic mass is 10.1. The Morgan fingerprint density at radius 1 is 1.50 bits per heavy atom. The number of amides is 2. The van der Waals surface area contributed by atoms with Gasteiger partial charge in [-0.2, -0.15) is 0 Å². The molecule has 1 unspecified atom stereocenters. The quantitative estimate of drug-likeness (QED) is 0.802. The van der Waals surface area contributed by atoms with E-state index in [4.69, 9.17) is 4.74 Å². The number of hydrogen-bond donors (Lipinski definition) is 2. The van der Waals surface area contributed by atoms with Crippen LogP contribution in [0.2, 0.25) is 0 Å². The molecule has 1 aromatic carbocycles. The van der Waals surface area contributed by atoms with Gasteiger partial charge < -0.3 is 15.4 Å². The van der Waals surface area contributed by atoms with E-state index in [1.165, 1.54) is 0 Å². The number of rotatable bonds is 4. The normalized spacial score (nSPS) is 18.3. The molecular weight excluding hydrogens is 232 g/mol. The van der Waals surface area contributed by atoms with Crippen LogP contribution in [0.25, 0.3) is 0 Å². The highest BCUT2D eigenvalue weighted by Gasteiger charge is 2.23. The number of carbonyl (C=O) groups excluding carboxylic acids is 2. The third-order valence-electron chi connectivity index (χ3n) is 2.89. The third-order valence-corrected chi connectivity index (χ3v) is 2.89. The molecule has 1 aliphatic rings. The highest BCUT2D eigenvalue weighted by Crippen LogP contribution is 2.17. The second kappa shape index (κ2) is 5.53. The molecule has 0 aliphatic carbocycles. The monoisotopic (exact) mass is 248 g/mol. The molecule has 0 bridgehead atoms. The van der Waals surface area contributed by atoms with Gasteiger partial charge in [-0.25, -0.2) is 0 Å². The highest BCUT2D eigenvalue weighted by molar-refractivity contribution is 5.83. The first kappa shape index (κ1) is 12.4. The van der Waals surface area contributed by atoms with Gasteiger partial charge in [-0.05, 0) is 6.07 Å². The fourth-order valence-electron chi connectivity index (χ4n) is 2.01. The standard InChI is InChI=1S/C13H16N2O3/c1-18-11-5-3-2-4-9(11)6-13(17)15-10-7-12(16)14-8-10/h2-5,10H,6-8H2,1H3,(H,14,16)(H,15,17). The molecule has 0 radical (unpaired) electrons. The fraction of sp³-hybridized carbons (Fsp3) is 0.385. The fourth-order valence-corrected chi connectivity index (χ4v) is 2.01. The minimum atomic E-state index is -0.0975. The van der Waals surface area contributed by atoms with Gasteiger partial charge in [0.2, 0.25) is 11.8 Å². The van der Waals surface area contributed by atoms with Gasteiger partial charge in [0.15, 0.2) is 0 Å². The largest absolute Gasteiger partial charge is 0.496 e. The van der Waals surface area contributed by atoms with Gasteiger partial charge in [-0.15, -0.1) is 0 Å². The van der Waals surface area contributed by atoms with Crippen LogP contribution in [0.3, 0.4) is 0 Å². The second-order valence-corrected chi connectivity index (χ2v) is 4.26. The van der Waals surface area contributed by atoms with Gasteiger partial charge in [0.25, 0.3) is 0 Å². The first-order valence-electron chi connectivity index (χ1n) is 5.87. The maximum atomic E-state index is 11.8. The molecule has 2 N–H and O–H groups in total. The molecule has 0 saturated carbocycles. The van der Waals surface area contributed by atoms with Gasteiger partial charge in [0, 0.05) is 18.5 Å². The number of carbonyl (C=O) groups is 2. The number of ether oxygens (including phenoxy) is 1. The van der Waals surface area contributed by atoms with Crippen LogP contribution in [-0.2, 0) is 16.0 Å². The summed E-state index contributed by atoms with van der Waals surface area (Å²) in [4.78, 5) is 22.8. The smallest absolute Gasteiger partial charge is 0.224 e. The molecule has 1 aliphatic heterocycles. The first-order valence-corrected chi connectivity index (χ1v) is 5.87. The van der Waals surface area contributed by atoms with E-state index in [0.29, 0.717) is 18.7 Å². The zero-order chi connectivity index (χ0) is 13.0. The van der Waals surface area contributed by atoms with Gasteiger partial charge in [0.05, 0.1) is 19.6 Å². The van der Waals surface area contributed by atoms with E-state index < -0.39 is 0 Å². The maximum absolute atomic E-state index is 11.8. The van der Waals surface area contributed by atoms with Crippen LogP contribution in [0.4, 0.5) is 0 Å². The summed E-state index contributed by atoms with van der Waals surface area (Å²) in [5, 5.41) is 5.51. The predicted molar refractivity (Wildman–Crippen MR) is 66.3 cm³/mol. The van der Waals surface area contributed by atoms with Gasteiger partial charge in [-0.3, -0.25) is 9.59 Å². The summed E-state index contributed by atoms with van der Waals surface area (Å²) in [6, 6.07) is 7.31. The van der Waals surface area contributed by atoms with E-state index in [1.807, 2.05) is 24.3 Å². The zero-order valence-electron chi connectivity index (χ0n) is 10.2. The highest BCUT2D eigenvalue weighted by atomic mass is 16.5. The van der Waals surface area contributed by atoms with Crippen molar-refractivity contribution in [1.29, 1.82) is 0 Å². The first-order chi connectivity index (χ1) is 8.69. The van der Waals surface area contributed by atoms with Crippen LogP contribution in [-0.4, -0.2) is 31.5 Å². The Kier molecular flexibility index (Phi) is 3.82. The van der Waals surface area contributed by atoms with Crippen LogP contribution >= 0.6 is 0 Å². The lowest BCUT2D eigenvalue weighted by Gasteiger charge is -2.12. The number of hydrogen-bond acceptors (Lipinski definition) is 3. The lowest BCUT2D eigenvalue weighted by Crippen LogP contribution is -2.37. The third kappa shape index (κ3) is 3.00. The van der Waals surface area contributed by atoms with E-state index in [-0.39, 0.29) is 24.3 Å². The van der Waals surface area contributed by atoms with Gasteiger partial charge in [0.1, 0.15) is 5.75 Å². The van der Waals surface area contributed by atoms with Crippen LogP contribution < -0.4 is 15.4 Å². The molecule has 0 aromatic heterocycles. The van der Waals surface area contributed by atoms with E-state index in [9.17, 15) is 9.59 Å². The van der Waals surface area contributed by atoms with Crippen molar-refractivity contribution in [2.75, 3.05) is 13.7 Å². The Morgan fingerprint density at radius 3 is 2.94 bits per heavy atom. The summed E-state index contributed by atoms with van der Waals surface area (Å²) in [7, 11) is 1.58. The van der Waals surface area contributed by atoms with Crippen molar-refractivity contribution < 1.29 is 14.3 Å². The Labute approximate surface area is 106 Å². The number of para-hydroxylation sites is 1. The summed E-state index contributed by atoms with van der Waals surface area (Å²) >= 11 is 0. The minimum Gasteiger partial charge on any atom is -0.496 e. The maximum Gasteiger partial charge on any atom is 0.224 e. The molecule has 96 valence electrons. The Hall–Kier alpha value is -2.04. The topological polar surface area (TPSA) is 67.4 Å². The molecule has 5 nitrogen and oxygen atoms in total. The molecule has 1 heterocycles. The average molecular weight is 248 g/mol. The van der Waals surface area contributed by atoms with Crippen LogP contribution in [0.5, 0.6) is 5.75 Å². The van der Waals surface area contributed by atoms with Crippen molar-refractivity contribution >= 4 is 11.8 Å². The molecule has 1 fully saturated rings. The summed E-state index contributed by atoms with van der Waals surface area (Å²) in [6.07, 6.45) is 0.617. The zero-order valence-corrected chi connectivity index (χ0v) is 10.2. The van der Waals surface area contributed by atoms with Crippen molar-refractivity contribution in [1.82, 2.24) is 10.6 Å². The summed E-state index contributed by atoms with van der Waals surface area (Å²) < 4.78 is 5.19. The summed E-state index contributed by atoms with van der Waals surface area (Å²) in [6.45, 7) is 0.510. The van der Waals surface area contributed by atoms with E-state index in [0.717, 1.165) is 5.56 Å². The molecule has 1 saturated heterocycles. The van der Waals surface area contributed by atoms with Crippen molar-refractivity contribution in [3.8, 4) is 5.75 Å². The second-order valence-electron chi connectivity index (χ2n) is 4.26. The van der Waals surface area contributed by atoms with Gasteiger partial charge in [-0.1, -0.05) is 18.2 Å². The molecule has 0 spiro atoms. The summed E-state index contributed by atoms with van der Waals surface area (Å²) in [5.41, 5.74) is 0.842. The molecule has 2 rings (SSSR count). The lowest BCUT2D eigenvalue weighted by molar-refractivity contribution is -0.121. The molecule has 5 heteroatoms. The van der Waals surface area contributed by atoms with Crippen molar-refractivity contribution in [2.24, 2.45) is 0 Å². The van der Waals surface area contributed by atoms with Gasteiger partial charge >= 0.3 is 0 Å². The van der Waals surface area contributed by atoms with E-state index in [1.54, 1.807) is 7.11 Å². The van der Waals surface area contributed by atoms with Crippen LogP contribution in [0, 0.1) is 0 Å². The number of methoxy groups -OCH3 is 1. The predicted octanol–water partition coefficient (Wildman–Crippen LogP) is 0.242. The van der Waals surface area contributed by atoms with E-state index >= 15 is 0 Å². The molecule has 1 atom stereocenters. The van der Waals surface area contributed by atoms with Crippen molar-refractivity contribution in [2.45, 2.75) is 18.9 Å². The van der Waals surface area contributed by atoms with Crippen LogP contribution in [0.15, 0.2) is 24.3 Å².